The van der Waals surface area contributed by atoms with Gasteiger partial charge in [-0.05, 0) is 0 Å². The van der Waals surface area contributed by atoms with E-state index >= 15 is 0 Å². The molecule has 0 saturated heterocycles. The van der Waals surface area contributed by atoms with E-state index in [4.69, 9.17) is 10.8 Å². The number of aliphatic carboxylic acids is 1. The third kappa shape index (κ3) is 2.52. The highest BCUT2D eigenvalue weighted by Crippen LogP contribution is 2.34. The molecule has 0 amide bonds. The van der Waals surface area contributed by atoms with Crippen molar-refractivity contribution in [3.05, 3.63) is 15.8 Å². The molecule has 1 heterocycles. The van der Waals surface area contributed by atoms with Gasteiger partial charge in [0.25, 0.3) is 0 Å². The number of carboxylic acid groups (broad SMARTS) is 1. The smallest absolute Gasteiger partial charge is 0.334 e. The summed E-state index contributed by atoms with van der Waals surface area (Å²) in [4.78, 5) is 20.9. The maximum atomic E-state index is 10.9. The zero-order valence-corrected chi connectivity index (χ0v) is 9.80. The van der Waals surface area contributed by atoms with Crippen LogP contribution in [0.3, 0.4) is 0 Å². The molecule has 0 aliphatic rings. The van der Waals surface area contributed by atoms with Gasteiger partial charge in [0, 0.05) is 5.41 Å². The fourth-order valence-corrected chi connectivity index (χ4v) is 1.40. The first-order valence-electron chi connectivity index (χ1n) is 4.87. The summed E-state index contributed by atoms with van der Waals surface area (Å²) in [6.07, 6.45) is 0. The van der Waals surface area contributed by atoms with Crippen LogP contribution in [0.1, 0.15) is 26.5 Å². The minimum absolute atomic E-state index is 0.182. The Bertz CT molecular complexity index is 472. The van der Waals surface area contributed by atoms with Crippen molar-refractivity contribution in [1.29, 1.82) is 0 Å². The minimum atomic E-state index is -1.16. The number of nitrogens with zero attached hydrogens (tertiary/aromatic N) is 3. The summed E-state index contributed by atoms with van der Waals surface area (Å²) in [5.74, 6) is -1.39. The lowest BCUT2D eigenvalue weighted by atomic mass is 9.91. The molecule has 94 valence electrons. The number of carbonyl (C=O) groups is 1. The van der Waals surface area contributed by atoms with E-state index in [9.17, 15) is 14.9 Å². The SMILES string of the molecule is CC(C)(C)c1nn(CC(=O)O)c(N)c1[N+](=O)[O-]. The molecule has 8 heteroatoms. The van der Waals surface area contributed by atoms with Crippen molar-refractivity contribution in [3.63, 3.8) is 0 Å². The van der Waals surface area contributed by atoms with Gasteiger partial charge in [0.15, 0.2) is 0 Å². The quantitative estimate of drug-likeness (QED) is 0.595. The molecule has 0 saturated carbocycles. The van der Waals surface area contributed by atoms with E-state index in [1.807, 2.05) is 0 Å². The molecule has 0 fully saturated rings. The molecule has 1 rings (SSSR count). The molecular weight excluding hydrogens is 228 g/mol. The van der Waals surface area contributed by atoms with E-state index in [0.717, 1.165) is 4.68 Å². The molecule has 0 unspecified atom stereocenters. The number of anilines is 1. The number of nitrogens with two attached hydrogens (primary N) is 1. The lowest BCUT2D eigenvalue weighted by Gasteiger charge is -2.13. The Hall–Kier alpha value is -2.12. The fourth-order valence-electron chi connectivity index (χ4n) is 1.40. The first-order valence-corrected chi connectivity index (χ1v) is 4.87. The second-order valence-electron chi connectivity index (χ2n) is 4.64. The van der Waals surface area contributed by atoms with Crippen LogP contribution in [0.4, 0.5) is 11.5 Å². The number of rotatable bonds is 3. The van der Waals surface area contributed by atoms with Crippen LogP contribution in [0, 0.1) is 10.1 Å². The van der Waals surface area contributed by atoms with Crippen molar-refractivity contribution in [2.45, 2.75) is 32.7 Å². The summed E-state index contributed by atoms with van der Waals surface area (Å²) in [5.41, 5.74) is 4.82. The largest absolute Gasteiger partial charge is 0.480 e. The number of nitro groups is 1. The third-order valence-corrected chi connectivity index (χ3v) is 2.14. The van der Waals surface area contributed by atoms with Crippen molar-refractivity contribution < 1.29 is 14.8 Å². The van der Waals surface area contributed by atoms with Crippen LogP contribution >= 0.6 is 0 Å². The normalized spacial score (nSPS) is 11.5. The lowest BCUT2D eigenvalue weighted by Crippen LogP contribution is -2.16. The van der Waals surface area contributed by atoms with Gasteiger partial charge in [-0.1, -0.05) is 20.8 Å². The molecule has 3 N–H and O–H groups in total. The number of aromatic nitrogens is 2. The van der Waals surface area contributed by atoms with Gasteiger partial charge in [-0.3, -0.25) is 14.9 Å². The molecule has 0 aliphatic heterocycles. The summed E-state index contributed by atoms with van der Waals surface area (Å²) in [5, 5.41) is 23.5. The highest BCUT2D eigenvalue weighted by molar-refractivity contribution is 5.68. The molecule has 1 aromatic heterocycles. The second kappa shape index (κ2) is 4.04. The number of hydrogen-bond acceptors (Lipinski definition) is 5. The standard InChI is InChI=1S/C9H14N4O4/c1-9(2,3)7-6(13(16)17)8(10)12(11-7)4-5(14)15/h4,10H2,1-3H3,(H,14,15). The molecule has 0 radical (unpaired) electrons. The summed E-state index contributed by atoms with van der Waals surface area (Å²) in [7, 11) is 0. The van der Waals surface area contributed by atoms with E-state index in [0.29, 0.717) is 0 Å². The molecule has 0 aliphatic carbocycles. The van der Waals surface area contributed by atoms with Crippen LogP contribution in [0.5, 0.6) is 0 Å². The van der Waals surface area contributed by atoms with E-state index in [1.54, 1.807) is 20.8 Å². The monoisotopic (exact) mass is 242 g/mol. The predicted molar refractivity (Wildman–Crippen MR) is 59.6 cm³/mol. The Labute approximate surface area is 97.2 Å². The van der Waals surface area contributed by atoms with Crippen LogP contribution in [-0.2, 0) is 16.8 Å². The van der Waals surface area contributed by atoms with Crippen molar-refractivity contribution in [2.24, 2.45) is 0 Å². The van der Waals surface area contributed by atoms with Gasteiger partial charge in [0.2, 0.25) is 5.82 Å². The molecule has 0 bridgehead atoms. The Morgan fingerprint density at radius 2 is 2.12 bits per heavy atom. The van der Waals surface area contributed by atoms with Crippen LogP contribution in [0.25, 0.3) is 0 Å². The first kappa shape index (κ1) is 12.9. The van der Waals surface area contributed by atoms with Gasteiger partial charge >= 0.3 is 11.7 Å². The number of nitrogen functional groups attached to an aromatic ring is 1. The maximum absolute atomic E-state index is 10.9. The van der Waals surface area contributed by atoms with Gasteiger partial charge in [0.05, 0.1) is 4.92 Å². The average Bonchev–Trinajstić information content (AvgIpc) is 2.42. The third-order valence-electron chi connectivity index (χ3n) is 2.14. The highest BCUT2D eigenvalue weighted by Gasteiger charge is 2.33. The van der Waals surface area contributed by atoms with Gasteiger partial charge in [-0.15, -0.1) is 0 Å². The van der Waals surface area contributed by atoms with E-state index in [2.05, 4.69) is 5.10 Å². The Kier molecular flexibility index (Phi) is 3.08. The van der Waals surface area contributed by atoms with Gasteiger partial charge < -0.3 is 10.8 Å². The predicted octanol–water partition coefficient (Wildman–Crippen LogP) is 0.756. The molecule has 8 nitrogen and oxygen atoms in total. The van der Waals surface area contributed by atoms with Crippen molar-refractivity contribution in [3.8, 4) is 0 Å². The van der Waals surface area contributed by atoms with Gasteiger partial charge in [-0.2, -0.15) is 5.10 Å². The number of hydrogen-bond donors (Lipinski definition) is 2. The number of carboxylic acids is 1. The van der Waals surface area contributed by atoms with Crippen LogP contribution < -0.4 is 5.73 Å². The van der Waals surface area contributed by atoms with E-state index in [-0.39, 0.29) is 17.2 Å². The molecular formula is C9H14N4O4. The van der Waals surface area contributed by atoms with Crippen LogP contribution in [0.15, 0.2) is 0 Å². The summed E-state index contributed by atoms with van der Waals surface area (Å²) < 4.78 is 0.932. The first-order chi connectivity index (χ1) is 7.64. The lowest BCUT2D eigenvalue weighted by molar-refractivity contribution is -0.385. The topological polar surface area (TPSA) is 124 Å². The van der Waals surface area contributed by atoms with Gasteiger partial charge in [-0.25, -0.2) is 4.68 Å². The van der Waals surface area contributed by atoms with Crippen molar-refractivity contribution in [1.82, 2.24) is 9.78 Å². The minimum Gasteiger partial charge on any atom is -0.480 e. The summed E-state index contributed by atoms with van der Waals surface area (Å²) >= 11 is 0. The Morgan fingerprint density at radius 1 is 1.59 bits per heavy atom. The highest BCUT2D eigenvalue weighted by atomic mass is 16.6. The Morgan fingerprint density at radius 3 is 2.41 bits per heavy atom. The van der Waals surface area contributed by atoms with Crippen LogP contribution in [0.2, 0.25) is 0 Å². The zero-order chi connectivity index (χ0) is 13.4. The van der Waals surface area contributed by atoms with E-state index < -0.39 is 22.9 Å². The molecule has 1 aromatic rings. The molecule has 0 atom stereocenters. The summed E-state index contributed by atoms with van der Waals surface area (Å²) in [6.45, 7) is 4.73. The van der Waals surface area contributed by atoms with Crippen molar-refractivity contribution >= 4 is 17.5 Å². The molecule has 0 aromatic carbocycles. The van der Waals surface area contributed by atoms with Gasteiger partial charge in [0.1, 0.15) is 12.2 Å². The Balaban J connectivity index is 3.40. The second-order valence-corrected chi connectivity index (χ2v) is 4.64. The van der Waals surface area contributed by atoms with Crippen molar-refractivity contribution in [2.75, 3.05) is 5.73 Å². The average molecular weight is 242 g/mol. The maximum Gasteiger partial charge on any atom is 0.334 e. The fraction of sp³-hybridized carbons (Fsp3) is 0.556. The zero-order valence-electron chi connectivity index (χ0n) is 9.80. The van der Waals surface area contributed by atoms with Crippen LogP contribution in [-0.4, -0.2) is 25.8 Å². The molecule has 17 heavy (non-hydrogen) atoms. The van der Waals surface area contributed by atoms with E-state index in [1.165, 1.54) is 0 Å². The summed E-state index contributed by atoms with van der Waals surface area (Å²) in [6, 6.07) is 0. The molecule has 0 spiro atoms.